The minimum atomic E-state index is -3.83. The largest absolute Gasteiger partial charge is 0.468 e. The SMILES string of the molecule is O=C(OCc1cccc(F)c1)c1cccc(S(=O)(=O)NCc2ccco2)c1. The van der Waals surface area contributed by atoms with Crippen LogP contribution in [0, 0.1) is 5.82 Å². The maximum Gasteiger partial charge on any atom is 0.338 e. The van der Waals surface area contributed by atoms with Crippen LogP contribution >= 0.6 is 0 Å². The number of furan rings is 1. The van der Waals surface area contributed by atoms with Crippen molar-refractivity contribution in [2.24, 2.45) is 0 Å². The molecule has 8 heteroatoms. The number of rotatable bonds is 7. The Morgan fingerprint density at radius 3 is 2.63 bits per heavy atom. The summed E-state index contributed by atoms with van der Waals surface area (Å²) in [6.07, 6.45) is 1.44. The number of halogens is 1. The lowest BCUT2D eigenvalue weighted by molar-refractivity contribution is 0.0472. The van der Waals surface area contributed by atoms with Crippen LogP contribution in [0.1, 0.15) is 21.7 Å². The number of hydrogen-bond donors (Lipinski definition) is 1. The van der Waals surface area contributed by atoms with Gasteiger partial charge in [-0.3, -0.25) is 0 Å². The Kier molecular flexibility index (Phi) is 5.68. The van der Waals surface area contributed by atoms with Crippen LogP contribution in [0.4, 0.5) is 4.39 Å². The molecule has 3 aromatic rings. The summed E-state index contributed by atoms with van der Waals surface area (Å²) in [5.41, 5.74) is 0.569. The third kappa shape index (κ3) is 5.02. The van der Waals surface area contributed by atoms with Crippen molar-refractivity contribution in [3.63, 3.8) is 0 Å². The zero-order chi connectivity index (χ0) is 19.3. The number of ether oxygens (including phenoxy) is 1. The number of nitrogens with one attached hydrogen (secondary N) is 1. The van der Waals surface area contributed by atoms with Gasteiger partial charge in [-0.05, 0) is 48.0 Å². The molecule has 1 N–H and O–H groups in total. The van der Waals surface area contributed by atoms with E-state index in [-0.39, 0.29) is 23.6 Å². The normalized spacial score (nSPS) is 11.3. The van der Waals surface area contributed by atoms with Crippen LogP contribution in [0.2, 0.25) is 0 Å². The van der Waals surface area contributed by atoms with E-state index in [4.69, 9.17) is 9.15 Å². The highest BCUT2D eigenvalue weighted by Crippen LogP contribution is 2.14. The van der Waals surface area contributed by atoms with Crippen molar-refractivity contribution in [2.75, 3.05) is 0 Å². The molecule has 2 aromatic carbocycles. The van der Waals surface area contributed by atoms with Crippen molar-refractivity contribution in [3.8, 4) is 0 Å². The van der Waals surface area contributed by atoms with E-state index in [1.165, 1.54) is 48.7 Å². The van der Waals surface area contributed by atoms with Crippen molar-refractivity contribution in [1.29, 1.82) is 0 Å². The van der Waals surface area contributed by atoms with Gasteiger partial charge in [0.1, 0.15) is 18.2 Å². The summed E-state index contributed by atoms with van der Waals surface area (Å²) >= 11 is 0. The van der Waals surface area contributed by atoms with Gasteiger partial charge in [-0.2, -0.15) is 0 Å². The van der Waals surface area contributed by atoms with Crippen molar-refractivity contribution in [3.05, 3.63) is 89.6 Å². The summed E-state index contributed by atoms with van der Waals surface area (Å²) in [4.78, 5) is 12.1. The van der Waals surface area contributed by atoms with E-state index in [0.29, 0.717) is 11.3 Å². The van der Waals surface area contributed by atoms with E-state index in [9.17, 15) is 17.6 Å². The van der Waals surface area contributed by atoms with Crippen LogP contribution in [0.15, 0.2) is 76.2 Å². The lowest BCUT2D eigenvalue weighted by Crippen LogP contribution is -2.23. The molecule has 1 heterocycles. The van der Waals surface area contributed by atoms with Crippen LogP contribution in [0.5, 0.6) is 0 Å². The molecule has 0 spiro atoms. The third-order valence-corrected chi connectivity index (χ3v) is 5.05. The smallest absolute Gasteiger partial charge is 0.338 e. The lowest BCUT2D eigenvalue weighted by Gasteiger charge is -2.08. The van der Waals surface area contributed by atoms with Gasteiger partial charge in [0.05, 0.1) is 23.3 Å². The van der Waals surface area contributed by atoms with Gasteiger partial charge in [0, 0.05) is 0 Å². The molecule has 0 radical (unpaired) electrons. The number of carbonyl (C=O) groups excluding carboxylic acids is 1. The third-order valence-electron chi connectivity index (χ3n) is 3.66. The first kappa shape index (κ1) is 18.8. The van der Waals surface area contributed by atoms with Gasteiger partial charge >= 0.3 is 5.97 Å². The van der Waals surface area contributed by atoms with Gasteiger partial charge in [0.2, 0.25) is 10.0 Å². The van der Waals surface area contributed by atoms with E-state index < -0.39 is 21.8 Å². The lowest BCUT2D eigenvalue weighted by atomic mass is 10.2. The average molecular weight is 389 g/mol. The summed E-state index contributed by atoms with van der Waals surface area (Å²) in [6, 6.07) is 14.4. The maximum absolute atomic E-state index is 13.2. The predicted molar refractivity (Wildman–Crippen MR) is 94.7 cm³/mol. The molecule has 0 saturated carbocycles. The topological polar surface area (TPSA) is 85.6 Å². The van der Waals surface area contributed by atoms with Gasteiger partial charge in [-0.1, -0.05) is 18.2 Å². The van der Waals surface area contributed by atoms with Crippen molar-refractivity contribution < 1.29 is 26.8 Å². The highest BCUT2D eigenvalue weighted by Gasteiger charge is 2.17. The summed E-state index contributed by atoms with van der Waals surface area (Å²) in [6.45, 7) is -0.131. The van der Waals surface area contributed by atoms with Gasteiger partial charge in [0.25, 0.3) is 0 Å². The van der Waals surface area contributed by atoms with Crippen LogP contribution in [-0.4, -0.2) is 14.4 Å². The second kappa shape index (κ2) is 8.15. The Morgan fingerprint density at radius 1 is 1.07 bits per heavy atom. The molecule has 27 heavy (non-hydrogen) atoms. The molecule has 1 aromatic heterocycles. The molecular formula is C19H16FNO5S. The van der Waals surface area contributed by atoms with Crippen LogP contribution in [-0.2, 0) is 27.9 Å². The van der Waals surface area contributed by atoms with Gasteiger partial charge < -0.3 is 9.15 Å². The molecule has 0 unspecified atom stereocenters. The van der Waals surface area contributed by atoms with Crippen molar-refractivity contribution in [2.45, 2.75) is 18.0 Å². The molecule has 6 nitrogen and oxygen atoms in total. The molecule has 140 valence electrons. The first-order valence-electron chi connectivity index (χ1n) is 7.98. The molecule has 0 fully saturated rings. The molecular weight excluding hydrogens is 373 g/mol. The summed E-state index contributed by atoms with van der Waals surface area (Å²) in [5, 5.41) is 0. The molecule has 0 amide bonds. The fourth-order valence-electron chi connectivity index (χ4n) is 2.31. The quantitative estimate of drug-likeness (QED) is 0.627. The Labute approximate surface area is 155 Å². The summed E-state index contributed by atoms with van der Waals surface area (Å²) in [7, 11) is -3.83. The van der Waals surface area contributed by atoms with Crippen molar-refractivity contribution >= 4 is 16.0 Å². The highest BCUT2D eigenvalue weighted by atomic mass is 32.2. The van der Waals surface area contributed by atoms with Crippen LogP contribution in [0.3, 0.4) is 0 Å². The van der Waals surface area contributed by atoms with E-state index in [1.807, 2.05) is 0 Å². The Hall–Kier alpha value is -2.97. The number of carbonyl (C=O) groups is 1. The maximum atomic E-state index is 13.2. The minimum Gasteiger partial charge on any atom is -0.468 e. The molecule has 0 saturated heterocycles. The monoisotopic (exact) mass is 389 g/mol. The number of sulfonamides is 1. The Bertz CT molecular complexity index is 1030. The van der Waals surface area contributed by atoms with Gasteiger partial charge in [0.15, 0.2) is 0 Å². The second-order valence-electron chi connectivity index (χ2n) is 5.64. The Morgan fingerprint density at radius 2 is 1.89 bits per heavy atom. The molecule has 0 aliphatic carbocycles. The molecule has 0 aliphatic rings. The zero-order valence-corrected chi connectivity index (χ0v) is 14.9. The Balaban J connectivity index is 1.67. The fourth-order valence-corrected chi connectivity index (χ4v) is 3.35. The van der Waals surface area contributed by atoms with E-state index in [0.717, 1.165) is 0 Å². The van der Waals surface area contributed by atoms with E-state index in [2.05, 4.69) is 4.72 Å². The zero-order valence-electron chi connectivity index (χ0n) is 14.1. The second-order valence-corrected chi connectivity index (χ2v) is 7.40. The van der Waals surface area contributed by atoms with E-state index in [1.54, 1.807) is 18.2 Å². The molecule has 0 aliphatic heterocycles. The van der Waals surface area contributed by atoms with Crippen LogP contribution < -0.4 is 4.72 Å². The van der Waals surface area contributed by atoms with E-state index >= 15 is 0 Å². The molecule has 0 bridgehead atoms. The molecule has 0 atom stereocenters. The minimum absolute atomic E-state index is 0.0103. The predicted octanol–water partition coefficient (Wildman–Crippen LogP) is 3.25. The highest BCUT2D eigenvalue weighted by molar-refractivity contribution is 7.89. The fraction of sp³-hybridized carbons (Fsp3) is 0.105. The van der Waals surface area contributed by atoms with Crippen molar-refractivity contribution in [1.82, 2.24) is 4.72 Å². The van der Waals surface area contributed by atoms with Gasteiger partial charge in [-0.25, -0.2) is 22.3 Å². The number of esters is 1. The summed E-state index contributed by atoms with van der Waals surface area (Å²) < 4.78 is 50.5. The average Bonchev–Trinajstić information content (AvgIpc) is 3.18. The number of benzene rings is 2. The molecule has 3 rings (SSSR count). The summed E-state index contributed by atoms with van der Waals surface area (Å²) in [5.74, 6) is -0.675. The first-order chi connectivity index (χ1) is 12.9. The van der Waals surface area contributed by atoms with Gasteiger partial charge in [-0.15, -0.1) is 0 Å². The number of hydrogen-bond acceptors (Lipinski definition) is 5. The first-order valence-corrected chi connectivity index (χ1v) is 9.46. The standard InChI is InChI=1S/C19H16FNO5S/c20-16-6-1-4-14(10-16)13-26-19(22)15-5-2-8-18(11-15)27(23,24)21-12-17-7-3-9-25-17/h1-11,21H,12-13H2. The van der Waals surface area contributed by atoms with Crippen LogP contribution in [0.25, 0.3) is 0 Å².